The maximum atomic E-state index is 12.4. The third-order valence-corrected chi connectivity index (χ3v) is 4.18. The van der Waals surface area contributed by atoms with E-state index in [-0.39, 0.29) is 5.91 Å². The van der Waals surface area contributed by atoms with Gasteiger partial charge in [0.15, 0.2) is 5.13 Å². The van der Waals surface area contributed by atoms with Crippen LogP contribution in [0.2, 0.25) is 0 Å². The van der Waals surface area contributed by atoms with Crippen molar-refractivity contribution in [3.05, 3.63) is 33.4 Å². The Hall–Kier alpha value is -1.47. The fourth-order valence-electron chi connectivity index (χ4n) is 1.85. The van der Waals surface area contributed by atoms with Crippen molar-refractivity contribution in [2.45, 2.75) is 19.8 Å². The van der Waals surface area contributed by atoms with Gasteiger partial charge < -0.3 is 4.90 Å². The molecule has 112 valence electrons. The Bertz CT molecular complexity index is 642. The highest BCUT2D eigenvalue weighted by Crippen LogP contribution is 2.24. The van der Waals surface area contributed by atoms with E-state index in [2.05, 4.69) is 38.1 Å². The number of hydrogen-bond donors (Lipinski definition) is 1. The quantitative estimate of drug-likeness (QED) is 0.876. The minimum absolute atomic E-state index is 0.204. The van der Waals surface area contributed by atoms with Crippen LogP contribution in [0.4, 0.5) is 10.9 Å². The number of aryl methyl sites for hydroxylation is 1. The predicted octanol–water partition coefficient (Wildman–Crippen LogP) is 3.57. The van der Waals surface area contributed by atoms with Gasteiger partial charge in [0.1, 0.15) is 5.82 Å². The molecule has 0 unspecified atom stereocenters. The molecule has 0 spiro atoms. The number of amides is 1. The number of hydrogen-bond acceptors (Lipinski definition) is 5. The number of pyridine rings is 1. The predicted molar refractivity (Wildman–Crippen MR) is 90.3 cm³/mol. The molecule has 2 aromatic rings. The second-order valence-corrected chi connectivity index (χ2v) is 6.79. The molecule has 0 bridgehead atoms. The van der Waals surface area contributed by atoms with Crippen molar-refractivity contribution in [1.82, 2.24) is 9.97 Å². The van der Waals surface area contributed by atoms with Crippen molar-refractivity contribution in [3.63, 3.8) is 0 Å². The number of halogens is 1. The van der Waals surface area contributed by atoms with Crippen LogP contribution in [0.1, 0.15) is 28.6 Å². The third kappa shape index (κ3) is 4.01. The van der Waals surface area contributed by atoms with Crippen molar-refractivity contribution in [3.8, 4) is 0 Å². The van der Waals surface area contributed by atoms with E-state index in [0.29, 0.717) is 16.5 Å². The number of rotatable bonds is 5. The van der Waals surface area contributed by atoms with Crippen molar-refractivity contribution in [2.24, 2.45) is 0 Å². The number of anilines is 2. The lowest BCUT2D eigenvalue weighted by Crippen LogP contribution is -2.19. The van der Waals surface area contributed by atoms with Gasteiger partial charge in [-0.25, -0.2) is 9.97 Å². The molecule has 0 saturated heterocycles. The normalized spacial score (nSPS) is 10.5. The van der Waals surface area contributed by atoms with Gasteiger partial charge in [-0.2, -0.15) is 0 Å². The molecule has 2 aromatic heterocycles. The summed E-state index contributed by atoms with van der Waals surface area (Å²) >= 11 is 4.86. The third-order valence-electron chi connectivity index (χ3n) is 2.77. The molecule has 1 N–H and O–H groups in total. The first-order valence-electron chi connectivity index (χ1n) is 6.60. The largest absolute Gasteiger partial charge is 0.362 e. The van der Waals surface area contributed by atoms with Crippen LogP contribution in [-0.4, -0.2) is 30.0 Å². The Labute approximate surface area is 136 Å². The molecule has 0 aliphatic carbocycles. The first-order chi connectivity index (χ1) is 10.0. The average molecular weight is 369 g/mol. The lowest BCUT2D eigenvalue weighted by atomic mass is 10.2. The SMILES string of the molecule is CCCc1cnc(NC(=O)c2cc(Br)cnc2N(C)C)s1. The van der Waals surface area contributed by atoms with Crippen LogP contribution in [0.3, 0.4) is 0 Å². The van der Waals surface area contributed by atoms with E-state index in [1.807, 2.05) is 25.2 Å². The monoisotopic (exact) mass is 368 g/mol. The summed E-state index contributed by atoms with van der Waals surface area (Å²) in [6.45, 7) is 2.12. The number of thiazole rings is 1. The van der Waals surface area contributed by atoms with E-state index in [0.717, 1.165) is 17.3 Å². The van der Waals surface area contributed by atoms with Gasteiger partial charge in [-0.3, -0.25) is 10.1 Å². The summed E-state index contributed by atoms with van der Waals surface area (Å²) < 4.78 is 0.768. The van der Waals surface area contributed by atoms with Gasteiger partial charge in [0.25, 0.3) is 5.91 Å². The Morgan fingerprint density at radius 2 is 2.14 bits per heavy atom. The molecule has 0 aliphatic heterocycles. The van der Waals surface area contributed by atoms with E-state index >= 15 is 0 Å². The van der Waals surface area contributed by atoms with Crippen molar-refractivity contribution in [1.29, 1.82) is 0 Å². The standard InChI is InChI=1S/C14H17BrN4OS/c1-4-5-10-8-17-14(21-10)18-13(20)11-6-9(15)7-16-12(11)19(2)3/h6-8H,4-5H2,1-3H3,(H,17,18,20). The highest BCUT2D eigenvalue weighted by Gasteiger charge is 2.16. The maximum Gasteiger partial charge on any atom is 0.261 e. The summed E-state index contributed by atoms with van der Waals surface area (Å²) in [6.07, 6.45) is 5.54. The van der Waals surface area contributed by atoms with Crippen LogP contribution in [0, 0.1) is 0 Å². The molecule has 0 aromatic carbocycles. The molecule has 0 radical (unpaired) electrons. The van der Waals surface area contributed by atoms with E-state index in [4.69, 9.17) is 0 Å². The minimum Gasteiger partial charge on any atom is -0.362 e. The molecule has 2 heterocycles. The van der Waals surface area contributed by atoms with Crippen LogP contribution in [0.5, 0.6) is 0 Å². The molecule has 0 aliphatic rings. The van der Waals surface area contributed by atoms with Crippen molar-refractivity contribution >= 4 is 44.1 Å². The van der Waals surface area contributed by atoms with Crippen molar-refractivity contribution in [2.75, 3.05) is 24.3 Å². The first kappa shape index (κ1) is 15.9. The molecule has 21 heavy (non-hydrogen) atoms. The zero-order chi connectivity index (χ0) is 15.4. The van der Waals surface area contributed by atoms with Gasteiger partial charge >= 0.3 is 0 Å². The molecular formula is C14H17BrN4OS. The summed E-state index contributed by atoms with van der Waals surface area (Å²) in [6, 6.07) is 1.76. The number of aromatic nitrogens is 2. The number of carbonyl (C=O) groups is 1. The zero-order valence-electron chi connectivity index (χ0n) is 12.2. The molecule has 0 atom stereocenters. The Balaban J connectivity index is 2.21. The summed E-state index contributed by atoms with van der Waals surface area (Å²) in [7, 11) is 3.71. The summed E-state index contributed by atoms with van der Waals surface area (Å²) in [5.74, 6) is 0.422. The van der Waals surface area contributed by atoms with Gasteiger partial charge in [0.2, 0.25) is 0 Å². The fraction of sp³-hybridized carbons (Fsp3) is 0.357. The van der Waals surface area contributed by atoms with Crippen LogP contribution >= 0.6 is 27.3 Å². The topological polar surface area (TPSA) is 58.1 Å². The molecule has 7 heteroatoms. The van der Waals surface area contributed by atoms with E-state index in [9.17, 15) is 4.79 Å². The molecule has 0 fully saturated rings. The molecule has 2 rings (SSSR count). The number of nitrogens with one attached hydrogen (secondary N) is 1. The average Bonchev–Trinajstić information content (AvgIpc) is 2.86. The lowest BCUT2D eigenvalue weighted by molar-refractivity contribution is 0.102. The second-order valence-electron chi connectivity index (χ2n) is 4.75. The Morgan fingerprint density at radius 3 is 2.81 bits per heavy atom. The fourth-order valence-corrected chi connectivity index (χ4v) is 3.09. The highest BCUT2D eigenvalue weighted by molar-refractivity contribution is 9.10. The maximum absolute atomic E-state index is 12.4. The van der Waals surface area contributed by atoms with Gasteiger partial charge in [-0.05, 0) is 28.4 Å². The van der Waals surface area contributed by atoms with Crippen LogP contribution < -0.4 is 10.2 Å². The van der Waals surface area contributed by atoms with Crippen LogP contribution in [0.25, 0.3) is 0 Å². The van der Waals surface area contributed by atoms with Gasteiger partial charge in [0.05, 0.1) is 5.56 Å². The van der Waals surface area contributed by atoms with Gasteiger partial charge in [-0.1, -0.05) is 13.3 Å². The van der Waals surface area contributed by atoms with Crippen LogP contribution in [0.15, 0.2) is 22.9 Å². The van der Waals surface area contributed by atoms with E-state index in [1.54, 1.807) is 12.3 Å². The summed E-state index contributed by atoms with van der Waals surface area (Å²) in [5.41, 5.74) is 0.515. The first-order valence-corrected chi connectivity index (χ1v) is 8.21. The van der Waals surface area contributed by atoms with Gasteiger partial charge in [0, 0.05) is 35.8 Å². The van der Waals surface area contributed by atoms with Crippen molar-refractivity contribution < 1.29 is 4.79 Å². The van der Waals surface area contributed by atoms with E-state index in [1.165, 1.54) is 16.2 Å². The molecule has 0 saturated carbocycles. The zero-order valence-corrected chi connectivity index (χ0v) is 14.6. The Kier molecular flexibility index (Phi) is 5.30. The molecular weight excluding hydrogens is 352 g/mol. The number of nitrogens with zero attached hydrogens (tertiary/aromatic N) is 3. The highest BCUT2D eigenvalue weighted by atomic mass is 79.9. The molecule has 1 amide bonds. The van der Waals surface area contributed by atoms with Gasteiger partial charge in [-0.15, -0.1) is 11.3 Å². The molecule has 5 nitrogen and oxygen atoms in total. The second kappa shape index (κ2) is 7.00. The lowest BCUT2D eigenvalue weighted by Gasteiger charge is -2.15. The summed E-state index contributed by atoms with van der Waals surface area (Å²) in [5, 5.41) is 3.46. The Morgan fingerprint density at radius 1 is 1.38 bits per heavy atom. The minimum atomic E-state index is -0.204. The smallest absolute Gasteiger partial charge is 0.261 e. The summed E-state index contributed by atoms with van der Waals surface area (Å²) in [4.78, 5) is 23.9. The van der Waals surface area contributed by atoms with Crippen LogP contribution in [-0.2, 0) is 6.42 Å². The number of carbonyl (C=O) groups excluding carboxylic acids is 1. The van der Waals surface area contributed by atoms with E-state index < -0.39 is 0 Å².